The number of rotatable bonds is 4. The average Bonchev–Trinajstić information content (AvgIpc) is 2.72. The van der Waals surface area contributed by atoms with Crippen molar-refractivity contribution in [2.75, 3.05) is 11.9 Å². The summed E-state index contributed by atoms with van der Waals surface area (Å²) in [4.78, 5) is 14.9. The number of H-pyrrole nitrogens is 1. The van der Waals surface area contributed by atoms with Crippen molar-refractivity contribution >= 4 is 22.5 Å². The smallest absolute Gasteiger partial charge is 0.226 e. The molecule has 0 saturated carbocycles. The van der Waals surface area contributed by atoms with Crippen LogP contribution in [0.2, 0.25) is 0 Å². The summed E-state index contributed by atoms with van der Waals surface area (Å²) in [5.74, 6) is 0.0145. The summed E-state index contributed by atoms with van der Waals surface area (Å²) in [6.07, 6.45) is 2.81. The fraction of sp³-hybridized carbons (Fsp3) is 0.357. The number of hydrogen-bond donors (Lipinski definition) is 3. The molecular formula is C14H19N3O. The van der Waals surface area contributed by atoms with Gasteiger partial charge in [-0.05, 0) is 36.7 Å². The van der Waals surface area contributed by atoms with Gasteiger partial charge in [0, 0.05) is 28.7 Å². The van der Waals surface area contributed by atoms with Crippen molar-refractivity contribution in [2.45, 2.75) is 20.3 Å². The van der Waals surface area contributed by atoms with Crippen LogP contribution in [0.25, 0.3) is 10.9 Å². The van der Waals surface area contributed by atoms with Gasteiger partial charge in [-0.3, -0.25) is 4.79 Å². The molecule has 0 saturated heterocycles. The molecule has 4 nitrogen and oxygen atoms in total. The summed E-state index contributed by atoms with van der Waals surface area (Å²) >= 11 is 0. The van der Waals surface area contributed by atoms with Crippen LogP contribution >= 0.6 is 0 Å². The van der Waals surface area contributed by atoms with Crippen molar-refractivity contribution < 1.29 is 4.79 Å². The van der Waals surface area contributed by atoms with E-state index in [0.29, 0.717) is 6.54 Å². The number of nitrogens with two attached hydrogens (primary N) is 1. The largest absolute Gasteiger partial charge is 0.361 e. The Balaban J connectivity index is 2.30. The number of fused-ring (bicyclic) bond motifs is 1. The van der Waals surface area contributed by atoms with Crippen molar-refractivity contribution in [1.29, 1.82) is 0 Å². The first-order chi connectivity index (χ1) is 8.61. The zero-order valence-corrected chi connectivity index (χ0v) is 10.8. The zero-order chi connectivity index (χ0) is 13.1. The topological polar surface area (TPSA) is 70.9 Å². The van der Waals surface area contributed by atoms with E-state index in [-0.39, 0.29) is 11.8 Å². The Kier molecular flexibility index (Phi) is 3.67. The molecule has 0 spiro atoms. The minimum atomic E-state index is -0.0181. The molecule has 1 aromatic heterocycles. The molecule has 0 atom stereocenters. The van der Waals surface area contributed by atoms with E-state index < -0.39 is 0 Å². The molecule has 2 rings (SSSR count). The second-order valence-corrected chi connectivity index (χ2v) is 4.76. The van der Waals surface area contributed by atoms with Crippen LogP contribution in [0.4, 0.5) is 5.69 Å². The maximum Gasteiger partial charge on any atom is 0.226 e. The van der Waals surface area contributed by atoms with Crippen LogP contribution in [0, 0.1) is 5.92 Å². The summed E-state index contributed by atoms with van der Waals surface area (Å²) in [6.45, 7) is 4.38. The molecule has 0 aliphatic rings. The first-order valence-corrected chi connectivity index (χ1v) is 6.22. The minimum Gasteiger partial charge on any atom is -0.361 e. The van der Waals surface area contributed by atoms with E-state index in [4.69, 9.17) is 5.73 Å². The predicted octanol–water partition coefficient (Wildman–Crippen LogP) is 2.26. The van der Waals surface area contributed by atoms with Gasteiger partial charge < -0.3 is 16.0 Å². The number of amides is 1. The Morgan fingerprint density at radius 2 is 2.22 bits per heavy atom. The standard InChI is InChI=1S/C14H19N3O/c1-9(2)14(18)17-11-3-4-13-12(7-11)10(5-6-15)8-16-13/h3-4,7-9,16H,5-6,15H2,1-2H3,(H,17,18). The van der Waals surface area contributed by atoms with E-state index in [2.05, 4.69) is 10.3 Å². The molecule has 96 valence electrons. The molecular weight excluding hydrogens is 226 g/mol. The van der Waals surface area contributed by atoms with E-state index in [9.17, 15) is 4.79 Å². The Bertz CT molecular complexity index is 557. The summed E-state index contributed by atoms with van der Waals surface area (Å²) in [6, 6.07) is 5.88. The highest BCUT2D eigenvalue weighted by molar-refractivity contribution is 5.95. The van der Waals surface area contributed by atoms with Crippen molar-refractivity contribution in [2.24, 2.45) is 11.7 Å². The number of nitrogens with one attached hydrogen (secondary N) is 2. The number of aromatic amines is 1. The van der Waals surface area contributed by atoms with E-state index >= 15 is 0 Å². The Morgan fingerprint density at radius 3 is 2.89 bits per heavy atom. The lowest BCUT2D eigenvalue weighted by molar-refractivity contribution is -0.118. The third-order valence-electron chi connectivity index (χ3n) is 2.97. The number of aromatic nitrogens is 1. The third-order valence-corrected chi connectivity index (χ3v) is 2.97. The predicted molar refractivity (Wildman–Crippen MR) is 74.5 cm³/mol. The molecule has 18 heavy (non-hydrogen) atoms. The molecule has 0 unspecified atom stereocenters. The fourth-order valence-electron chi connectivity index (χ4n) is 1.91. The molecule has 1 heterocycles. The van der Waals surface area contributed by atoms with Gasteiger partial charge in [-0.15, -0.1) is 0 Å². The normalized spacial score (nSPS) is 11.1. The number of carbonyl (C=O) groups is 1. The van der Waals surface area contributed by atoms with Crippen LogP contribution in [-0.2, 0) is 11.2 Å². The molecule has 4 N–H and O–H groups in total. The maximum atomic E-state index is 11.7. The van der Waals surface area contributed by atoms with Gasteiger partial charge in [-0.25, -0.2) is 0 Å². The highest BCUT2D eigenvalue weighted by Gasteiger charge is 2.09. The van der Waals surface area contributed by atoms with Crippen LogP contribution in [-0.4, -0.2) is 17.4 Å². The Hall–Kier alpha value is -1.81. The van der Waals surface area contributed by atoms with E-state index in [0.717, 1.165) is 23.0 Å². The Labute approximate surface area is 107 Å². The summed E-state index contributed by atoms with van der Waals surface area (Å²) < 4.78 is 0. The molecule has 1 amide bonds. The highest BCUT2D eigenvalue weighted by atomic mass is 16.1. The zero-order valence-electron chi connectivity index (χ0n) is 10.8. The molecule has 0 fully saturated rings. The molecule has 1 aromatic carbocycles. The molecule has 0 aliphatic carbocycles. The molecule has 2 aromatic rings. The van der Waals surface area contributed by atoms with Gasteiger partial charge in [-0.2, -0.15) is 0 Å². The monoisotopic (exact) mass is 245 g/mol. The maximum absolute atomic E-state index is 11.7. The third kappa shape index (κ3) is 2.54. The van der Waals surface area contributed by atoms with Gasteiger partial charge in [0.15, 0.2) is 0 Å². The van der Waals surface area contributed by atoms with Crippen molar-refractivity contribution in [3.8, 4) is 0 Å². The van der Waals surface area contributed by atoms with E-state index in [1.807, 2.05) is 38.2 Å². The molecule has 0 radical (unpaired) electrons. The second-order valence-electron chi connectivity index (χ2n) is 4.76. The van der Waals surface area contributed by atoms with Crippen molar-refractivity contribution in [1.82, 2.24) is 4.98 Å². The number of carbonyl (C=O) groups excluding carboxylic acids is 1. The quantitative estimate of drug-likeness (QED) is 0.773. The molecule has 0 aliphatic heterocycles. The molecule has 4 heteroatoms. The number of benzene rings is 1. The lowest BCUT2D eigenvalue weighted by Crippen LogP contribution is -2.17. The minimum absolute atomic E-state index is 0.0181. The summed E-state index contributed by atoms with van der Waals surface area (Å²) in [7, 11) is 0. The van der Waals surface area contributed by atoms with Crippen LogP contribution in [0.5, 0.6) is 0 Å². The van der Waals surface area contributed by atoms with Crippen molar-refractivity contribution in [3.05, 3.63) is 30.0 Å². The summed E-state index contributed by atoms with van der Waals surface area (Å²) in [5.41, 5.74) is 8.68. The van der Waals surface area contributed by atoms with Crippen LogP contribution in [0.3, 0.4) is 0 Å². The first kappa shape index (κ1) is 12.6. The fourth-order valence-corrected chi connectivity index (χ4v) is 1.91. The van der Waals surface area contributed by atoms with Gasteiger partial charge >= 0.3 is 0 Å². The SMILES string of the molecule is CC(C)C(=O)Nc1ccc2[nH]cc(CCN)c2c1. The number of hydrogen-bond acceptors (Lipinski definition) is 2. The van der Waals surface area contributed by atoms with Crippen LogP contribution < -0.4 is 11.1 Å². The average molecular weight is 245 g/mol. The summed E-state index contributed by atoms with van der Waals surface area (Å²) in [5, 5.41) is 4.04. The van der Waals surface area contributed by atoms with Gasteiger partial charge in [0.25, 0.3) is 0 Å². The van der Waals surface area contributed by atoms with E-state index in [1.165, 1.54) is 5.56 Å². The lowest BCUT2D eigenvalue weighted by atomic mass is 10.1. The van der Waals surface area contributed by atoms with Gasteiger partial charge in [0.2, 0.25) is 5.91 Å². The van der Waals surface area contributed by atoms with Gasteiger partial charge in [-0.1, -0.05) is 13.8 Å². The van der Waals surface area contributed by atoms with E-state index in [1.54, 1.807) is 0 Å². The van der Waals surface area contributed by atoms with Gasteiger partial charge in [0.1, 0.15) is 0 Å². The van der Waals surface area contributed by atoms with Gasteiger partial charge in [0.05, 0.1) is 0 Å². The van der Waals surface area contributed by atoms with Crippen LogP contribution in [0.15, 0.2) is 24.4 Å². The molecule has 0 bridgehead atoms. The van der Waals surface area contributed by atoms with Crippen LogP contribution in [0.1, 0.15) is 19.4 Å². The second kappa shape index (κ2) is 5.23. The van der Waals surface area contributed by atoms with Crippen molar-refractivity contribution in [3.63, 3.8) is 0 Å². The lowest BCUT2D eigenvalue weighted by Gasteiger charge is -2.08. The first-order valence-electron chi connectivity index (χ1n) is 6.22. The highest BCUT2D eigenvalue weighted by Crippen LogP contribution is 2.23. The Morgan fingerprint density at radius 1 is 1.44 bits per heavy atom. The number of anilines is 1.